The second-order valence-electron chi connectivity index (χ2n) is 14.2. The zero-order valence-electron chi connectivity index (χ0n) is 31.1. The molecule has 4 atom stereocenters. The number of ether oxygens (including phenoxy) is 3. The van der Waals surface area contributed by atoms with Gasteiger partial charge in [-0.3, -0.25) is 14.2 Å². The van der Waals surface area contributed by atoms with Gasteiger partial charge in [0, 0.05) is 33.6 Å². The van der Waals surface area contributed by atoms with Crippen LogP contribution in [0.5, 0.6) is 0 Å². The molecule has 0 aliphatic carbocycles. The van der Waals surface area contributed by atoms with Gasteiger partial charge in [0.1, 0.15) is 30.7 Å². The molecule has 2 saturated heterocycles. The Balaban J connectivity index is 1.17. The summed E-state index contributed by atoms with van der Waals surface area (Å²) in [6.07, 6.45) is 24.0. The van der Waals surface area contributed by atoms with Gasteiger partial charge in [0.05, 0.1) is 26.4 Å². The number of aliphatic imine (C=N–C) groups is 1. The molecule has 282 valence electrons. The summed E-state index contributed by atoms with van der Waals surface area (Å²) in [4.78, 5) is 37.1. The molecule has 2 aliphatic heterocycles. The van der Waals surface area contributed by atoms with Crippen LogP contribution in [0.1, 0.15) is 129 Å². The maximum atomic E-state index is 11.4. The summed E-state index contributed by atoms with van der Waals surface area (Å²) in [5.41, 5.74) is 0.178. The second kappa shape index (κ2) is 21.6. The van der Waals surface area contributed by atoms with E-state index in [0.29, 0.717) is 23.4 Å². The van der Waals surface area contributed by atoms with Crippen LogP contribution in [-0.2, 0) is 23.8 Å². The lowest BCUT2D eigenvalue weighted by atomic mass is 10.0. The van der Waals surface area contributed by atoms with Crippen LogP contribution in [0, 0.1) is 0 Å². The number of hydrogen-bond acceptors (Lipinski definition) is 11. The standard InChI is InChI=1S/C37H63N7O6/c1-5-6-7-20-23-43(24-21-18-16-14-12-10-8-9-11-13-15-17-19-22-30(45)47-4)49-26-37-25-48-32(33(37)46)36(50-37)44-29-40-31-34(41-28-42(2)3)38-27-39-35(31)44/h27-29,32-33,36,46H,5-26H2,1-4H3/t32?,33?,36-,37-/m1/s1. The van der Waals surface area contributed by atoms with Crippen LogP contribution in [0.4, 0.5) is 5.82 Å². The number of imidazole rings is 1. The Labute approximate surface area is 299 Å². The molecule has 2 fully saturated rings. The van der Waals surface area contributed by atoms with Gasteiger partial charge < -0.3 is 24.2 Å². The molecule has 1 N–H and O–H groups in total. The van der Waals surface area contributed by atoms with Crippen LogP contribution in [0.2, 0.25) is 0 Å². The number of hydroxylamine groups is 2. The molecule has 2 aliphatic rings. The lowest BCUT2D eigenvalue weighted by Crippen LogP contribution is -2.47. The molecule has 2 unspecified atom stereocenters. The van der Waals surface area contributed by atoms with Gasteiger partial charge in [0.2, 0.25) is 0 Å². The third kappa shape index (κ3) is 11.9. The fourth-order valence-corrected chi connectivity index (χ4v) is 6.79. The average Bonchev–Trinajstić information content (AvgIpc) is 3.78. The van der Waals surface area contributed by atoms with E-state index in [-0.39, 0.29) is 19.2 Å². The lowest BCUT2D eigenvalue weighted by molar-refractivity contribution is -0.244. The molecular weight excluding hydrogens is 638 g/mol. The predicted molar refractivity (Wildman–Crippen MR) is 194 cm³/mol. The lowest BCUT2D eigenvalue weighted by Gasteiger charge is -2.33. The van der Waals surface area contributed by atoms with Crippen molar-refractivity contribution in [2.24, 2.45) is 4.99 Å². The molecule has 4 heterocycles. The topological polar surface area (TPSA) is 137 Å². The van der Waals surface area contributed by atoms with Crippen molar-refractivity contribution in [1.82, 2.24) is 29.5 Å². The number of fused-ring (bicyclic) bond motifs is 3. The minimum absolute atomic E-state index is 0.0940. The minimum atomic E-state index is -0.961. The molecule has 0 amide bonds. The summed E-state index contributed by atoms with van der Waals surface area (Å²) in [6.45, 7) is 4.46. The molecule has 0 saturated carbocycles. The average molecular weight is 702 g/mol. The van der Waals surface area contributed by atoms with E-state index in [1.165, 1.54) is 96.9 Å². The SMILES string of the molecule is CCCCCCN(CCCCCCCCCCCCCCCC(=O)OC)OC[C@]12COC(C1O)[C@H](n1cnc3c(N=CN(C)C)ncnc31)O2. The van der Waals surface area contributed by atoms with E-state index in [1.54, 1.807) is 17.2 Å². The van der Waals surface area contributed by atoms with Crippen molar-refractivity contribution in [2.75, 3.05) is 47.5 Å². The van der Waals surface area contributed by atoms with Gasteiger partial charge in [0.25, 0.3) is 0 Å². The van der Waals surface area contributed by atoms with Gasteiger partial charge in [-0.25, -0.2) is 19.9 Å². The van der Waals surface area contributed by atoms with Crippen LogP contribution in [0.15, 0.2) is 17.6 Å². The van der Waals surface area contributed by atoms with Gasteiger partial charge in [0.15, 0.2) is 23.2 Å². The van der Waals surface area contributed by atoms with E-state index < -0.39 is 24.0 Å². The minimum Gasteiger partial charge on any atom is -0.469 e. The first-order valence-electron chi connectivity index (χ1n) is 19.2. The molecule has 13 heteroatoms. The van der Waals surface area contributed by atoms with Gasteiger partial charge in [-0.2, -0.15) is 5.06 Å². The molecule has 0 radical (unpaired) electrons. The summed E-state index contributed by atoms with van der Waals surface area (Å²) in [5.74, 6) is 0.375. The summed E-state index contributed by atoms with van der Waals surface area (Å²) in [7, 11) is 5.24. The van der Waals surface area contributed by atoms with Crippen LogP contribution < -0.4 is 0 Å². The molecule has 50 heavy (non-hydrogen) atoms. The highest BCUT2D eigenvalue weighted by Crippen LogP contribution is 2.46. The summed E-state index contributed by atoms with van der Waals surface area (Å²) in [5, 5.41) is 13.4. The number of carbonyl (C=O) groups is 1. The molecule has 0 spiro atoms. The third-order valence-corrected chi connectivity index (χ3v) is 9.80. The fourth-order valence-electron chi connectivity index (χ4n) is 6.79. The number of rotatable bonds is 27. The van der Waals surface area contributed by atoms with Crippen molar-refractivity contribution in [3.63, 3.8) is 0 Å². The fraction of sp³-hybridized carbons (Fsp3) is 0.811. The maximum absolute atomic E-state index is 11.4. The van der Waals surface area contributed by atoms with Crippen molar-refractivity contribution in [1.29, 1.82) is 0 Å². The van der Waals surface area contributed by atoms with Crippen molar-refractivity contribution in [3.8, 4) is 0 Å². The van der Waals surface area contributed by atoms with Crippen LogP contribution in [0.25, 0.3) is 11.2 Å². The number of hydrogen-bond donors (Lipinski definition) is 1. The number of aromatic nitrogens is 4. The molecule has 4 rings (SSSR count). The van der Waals surface area contributed by atoms with E-state index in [4.69, 9.17) is 19.0 Å². The van der Waals surface area contributed by atoms with E-state index in [1.807, 2.05) is 19.0 Å². The zero-order valence-corrected chi connectivity index (χ0v) is 31.1. The summed E-state index contributed by atoms with van der Waals surface area (Å²) < 4.78 is 19.1. The Morgan fingerprint density at radius 2 is 1.58 bits per heavy atom. The van der Waals surface area contributed by atoms with E-state index in [9.17, 15) is 9.90 Å². The monoisotopic (exact) mass is 701 g/mol. The maximum Gasteiger partial charge on any atom is 0.305 e. The zero-order chi connectivity index (χ0) is 35.6. The first-order valence-corrected chi connectivity index (χ1v) is 19.2. The summed E-state index contributed by atoms with van der Waals surface area (Å²) >= 11 is 0. The molecule has 2 aromatic rings. The molecule has 0 aromatic carbocycles. The van der Waals surface area contributed by atoms with Crippen molar-refractivity contribution >= 4 is 29.3 Å². The Morgan fingerprint density at radius 1 is 0.960 bits per heavy atom. The number of unbranched alkanes of at least 4 members (excludes halogenated alkanes) is 15. The van der Waals surface area contributed by atoms with Gasteiger partial charge in [-0.1, -0.05) is 96.8 Å². The Morgan fingerprint density at radius 3 is 2.20 bits per heavy atom. The molecular formula is C37H63N7O6. The molecule has 2 aromatic heterocycles. The number of esters is 1. The first kappa shape index (κ1) is 40.1. The van der Waals surface area contributed by atoms with Crippen LogP contribution in [-0.4, -0.2) is 112 Å². The van der Waals surface area contributed by atoms with Crippen LogP contribution in [0.3, 0.4) is 0 Å². The van der Waals surface area contributed by atoms with Gasteiger partial charge >= 0.3 is 5.97 Å². The third-order valence-electron chi connectivity index (χ3n) is 9.80. The van der Waals surface area contributed by atoms with Crippen molar-refractivity contribution in [2.45, 2.75) is 147 Å². The van der Waals surface area contributed by atoms with Crippen molar-refractivity contribution in [3.05, 3.63) is 12.7 Å². The number of aliphatic hydroxyl groups excluding tert-OH is 1. The normalized spacial score (nSPS) is 21.7. The number of carbonyl (C=O) groups excluding carboxylic acids is 1. The number of methoxy groups -OCH3 is 1. The largest absolute Gasteiger partial charge is 0.469 e. The Hall–Kier alpha value is -2.71. The van der Waals surface area contributed by atoms with Gasteiger partial charge in [-0.05, 0) is 19.3 Å². The molecule has 2 bridgehead atoms. The predicted octanol–water partition coefficient (Wildman–Crippen LogP) is 6.52. The summed E-state index contributed by atoms with van der Waals surface area (Å²) in [6, 6.07) is 0. The van der Waals surface area contributed by atoms with Gasteiger partial charge in [-0.15, -0.1) is 0 Å². The van der Waals surface area contributed by atoms with E-state index in [2.05, 4.69) is 31.9 Å². The quantitative estimate of drug-likeness (QED) is 0.0358. The Kier molecular flexibility index (Phi) is 17.3. The van der Waals surface area contributed by atoms with Crippen LogP contribution >= 0.6 is 0 Å². The van der Waals surface area contributed by atoms with E-state index in [0.717, 1.165) is 38.8 Å². The second-order valence-corrected chi connectivity index (χ2v) is 14.2. The number of aliphatic hydroxyl groups is 1. The highest BCUT2D eigenvalue weighted by atomic mass is 16.7. The highest BCUT2D eigenvalue weighted by molar-refractivity contribution is 5.83. The first-order chi connectivity index (χ1) is 24.4. The number of nitrogens with zero attached hydrogens (tertiary/aromatic N) is 7. The van der Waals surface area contributed by atoms with Crippen molar-refractivity contribution < 1.29 is 28.9 Å². The smallest absolute Gasteiger partial charge is 0.305 e. The van der Waals surface area contributed by atoms with E-state index >= 15 is 0 Å². The highest BCUT2D eigenvalue weighted by Gasteiger charge is 2.62. The Bertz CT molecular complexity index is 1290. The molecule has 13 nitrogen and oxygen atoms in total.